The summed E-state index contributed by atoms with van der Waals surface area (Å²) in [5, 5.41) is 5.81. The number of amides is 3. The van der Waals surface area contributed by atoms with E-state index in [1.165, 1.54) is 10.5 Å². The Balaban J connectivity index is 0.000000198. The van der Waals surface area contributed by atoms with Crippen LogP contribution in [0.1, 0.15) is 130 Å². The molecular formula is C54H63N5O6. The minimum absolute atomic E-state index is 0.00292. The molecule has 1 aliphatic heterocycles. The number of allylic oxidation sites excluding steroid dienone is 2. The number of Topliss-reactive ketones (excluding diaryl/α,β-unsaturated/α-hetero) is 2. The van der Waals surface area contributed by atoms with Crippen LogP contribution in [-0.2, 0) is 49.6 Å². The molecule has 3 heterocycles. The molecule has 6 atom stereocenters. The summed E-state index contributed by atoms with van der Waals surface area (Å²) in [4.78, 5) is 74.7. The fourth-order valence-corrected chi connectivity index (χ4v) is 9.20. The lowest BCUT2D eigenvalue weighted by Gasteiger charge is -2.28. The molecule has 4 aliphatic rings. The molecule has 0 unspecified atom stereocenters. The molecule has 2 fully saturated rings. The molecule has 1 saturated carbocycles. The largest absolute Gasteiger partial charge is 0.444 e. The molecule has 8 rings (SSSR count). The standard InChI is InChI=1S/C29H35N3O4.C25H28N2O2/c1-19(26(33)14-13-20-15-22-11-8-12-24(22)30-17-20)31-27(34)25-16-23(21-9-6-5-7-10-21)18-32(25)28(35)36-29(2,3)4;1-17(24(28)13-10-18-14-21-8-5-9-23(21)26-16-18)27-25(29)22-12-11-20(15-22)19-6-3-2-4-7-19/h5-11,15,17,19,23,25H,12-14,16,18H2,1-4H3,(H,31,34);2-8,14,16-17,20,22H,9-13,15H2,1H3,(H,27,29)/t19-,23-,25+;17-,20+,22+/m00/s1. The fraction of sp³-hybridized carbons (Fsp3) is 0.426. The maximum absolute atomic E-state index is 13.3. The highest BCUT2D eigenvalue weighted by atomic mass is 16.6. The summed E-state index contributed by atoms with van der Waals surface area (Å²) in [6, 6.07) is 22.7. The lowest BCUT2D eigenvalue weighted by molar-refractivity contribution is -0.130. The maximum atomic E-state index is 13.3. The number of nitrogens with zero attached hydrogens (tertiary/aromatic N) is 3. The van der Waals surface area contributed by atoms with Gasteiger partial charge in [0.05, 0.1) is 23.5 Å². The van der Waals surface area contributed by atoms with E-state index in [1.807, 2.05) is 48.8 Å². The zero-order chi connectivity index (χ0) is 46.1. The average molecular weight is 878 g/mol. The van der Waals surface area contributed by atoms with Gasteiger partial charge in [-0.25, -0.2) is 4.79 Å². The number of hydrogen-bond acceptors (Lipinski definition) is 8. The number of likely N-dealkylation sites (tertiary alicyclic amines) is 1. The predicted octanol–water partition coefficient (Wildman–Crippen LogP) is 8.69. The van der Waals surface area contributed by atoms with Crippen LogP contribution in [0.4, 0.5) is 4.79 Å². The van der Waals surface area contributed by atoms with Gasteiger partial charge in [0.2, 0.25) is 11.8 Å². The summed E-state index contributed by atoms with van der Waals surface area (Å²) >= 11 is 0. The van der Waals surface area contributed by atoms with Crippen molar-refractivity contribution in [1.82, 2.24) is 25.5 Å². The van der Waals surface area contributed by atoms with Crippen LogP contribution in [0.15, 0.2) is 97.3 Å². The van der Waals surface area contributed by atoms with Gasteiger partial charge in [-0.3, -0.25) is 34.0 Å². The molecule has 0 spiro atoms. The van der Waals surface area contributed by atoms with Crippen molar-refractivity contribution in [2.75, 3.05) is 6.54 Å². The molecule has 1 saturated heterocycles. The monoisotopic (exact) mass is 877 g/mol. The fourth-order valence-electron chi connectivity index (χ4n) is 9.20. The first-order valence-corrected chi connectivity index (χ1v) is 23.2. The Bertz CT molecular complexity index is 2410. The van der Waals surface area contributed by atoms with E-state index in [2.05, 4.69) is 81.3 Å². The maximum Gasteiger partial charge on any atom is 0.410 e. The molecule has 340 valence electrons. The Morgan fingerprint density at radius 3 is 1.72 bits per heavy atom. The zero-order valence-corrected chi connectivity index (χ0v) is 38.4. The van der Waals surface area contributed by atoms with E-state index in [-0.39, 0.29) is 35.2 Å². The highest BCUT2D eigenvalue weighted by Crippen LogP contribution is 2.38. The molecule has 3 aliphatic carbocycles. The van der Waals surface area contributed by atoms with Gasteiger partial charge in [0.25, 0.3) is 0 Å². The third-order valence-electron chi connectivity index (χ3n) is 12.9. The number of ether oxygens (including phenoxy) is 1. The molecule has 2 aromatic carbocycles. The molecule has 3 amide bonds. The second kappa shape index (κ2) is 21.2. The van der Waals surface area contributed by atoms with Gasteiger partial charge in [-0.1, -0.05) is 85.0 Å². The topological polar surface area (TPSA) is 148 Å². The minimum atomic E-state index is -0.701. The van der Waals surface area contributed by atoms with E-state index in [4.69, 9.17) is 4.74 Å². The van der Waals surface area contributed by atoms with E-state index in [0.29, 0.717) is 44.6 Å². The first-order chi connectivity index (χ1) is 31.2. The second-order valence-corrected chi connectivity index (χ2v) is 19.0. The number of aromatic nitrogens is 2. The quantitative estimate of drug-likeness (QED) is 0.128. The van der Waals surface area contributed by atoms with E-state index in [1.54, 1.807) is 34.6 Å². The van der Waals surface area contributed by atoms with Crippen LogP contribution in [0.3, 0.4) is 0 Å². The van der Waals surface area contributed by atoms with E-state index >= 15 is 0 Å². The number of fused-ring (bicyclic) bond motifs is 2. The number of carbonyl (C=O) groups excluding carboxylic acids is 5. The minimum Gasteiger partial charge on any atom is -0.444 e. The molecule has 0 radical (unpaired) electrons. The van der Waals surface area contributed by atoms with Crippen molar-refractivity contribution in [1.29, 1.82) is 0 Å². The highest BCUT2D eigenvalue weighted by molar-refractivity contribution is 5.92. The second-order valence-electron chi connectivity index (χ2n) is 19.0. The number of carbonyl (C=O) groups is 5. The van der Waals surface area contributed by atoms with Crippen LogP contribution in [0.5, 0.6) is 0 Å². The Morgan fingerprint density at radius 1 is 0.692 bits per heavy atom. The van der Waals surface area contributed by atoms with Crippen molar-refractivity contribution >= 4 is 41.6 Å². The van der Waals surface area contributed by atoms with Gasteiger partial charge in [-0.2, -0.15) is 0 Å². The van der Waals surface area contributed by atoms with Gasteiger partial charge >= 0.3 is 6.09 Å². The van der Waals surface area contributed by atoms with Gasteiger partial charge in [0, 0.05) is 56.5 Å². The van der Waals surface area contributed by atoms with Crippen LogP contribution in [-0.4, -0.2) is 74.6 Å². The number of hydrogen-bond donors (Lipinski definition) is 2. The number of benzene rings is 2. The van der Waals surface area contributed by atoms with Gasteiger partial charge in [-0.15, -0.1) is 0 Å². The zero-order valence-electron chi connectivity index (χ0n) is 38.4. The summed E-state index contributed by atoms with van der Waals surface area (Å²) in [5.74, 6) is 0.176. The molecule has 11 nitrogen and oxygen atoms in total. The van der Waals surface area contributed by atoms with Crippen molar-refractivity contribution in [2.45, 2.75) is 134 Å². The van der Waals surface area contributed by atoms with Crippen molar-refractivity contribution in [3.63, 3.8) is 0 Å². The highest BCUT2D eigenvalue weighted by Gasteiger charge is 2.42. The number of aryl methyl sites for hydroxylation is 2. The molecule has 2 N–H and O–H groups in total. The lowest BCUT2D eigenvalue weighted by Crippen LogP contribution is -2.50. The smallest absolute Gasteiger partial charge is 0.410 e. The predicted molar refractivity (Wildman–Crippen MR) is 253 cm³/mol. The summed E-state index contributed by atoms with van der Waals surface area (Å²) in [6.45, 7) is 9.30. The van der Waals surface area contributed by atoms with Crippen molar-refractivity contribution in [2.24, 2.45) is 5.92 Å². The molecule has 65 heavy (non-hydrogen) atoms. The van der Waals surface area contributed by atoms with Crippen LogP contribution >= 0.6 is 0 Å². The third kappa shape index (κ3) is 12.5. The van der Waals surface area contributed by atoms with Crippen LogP contribution in [0, 0.1) is 5.92 Å². The normalized spacial score (nSPS) is 20.2. The summed E-state index contributed by atoms with van der Waals surface area (Å²) in [7, 11) is 0. The van der Waals surface area contributed by atoms with Gasteiger partial charge in [0.15, 0.2) is 11.6 Å². The molecule has 11 heteroatoms. The Hall–Kier alpha value is -6.23. The number of nitrogens with one attached hydrogen (secondary N) is 2. The Morgan fingerprint density at radius 2 is 1.20 bits per heavy atom. The number of pyridine rings is 2. The number of rotatable bonds is 14. The first-order valence-electron chi connectivity index (χ1n) is 23.2. The first kappa shape index (κ1) is 46.8. The average Bonchev–Trinajstić information content (AvgIpc) is 4.14. The SMILES string of the molecule is C[C@H](NC(=O)[C@@H]1CC[C@@H](c2ccccc2)C1)C(=O)CCc1cnc2c(c1)C=CC2.C[C@H](NC(=O)[C@H]1C[C@H](c2ccccc2)CN1C(=O)OC(C)(C)C)C(=O)CCc1cnc2c(c1)C=CC2. The Kier molecular flexibility index (Phi) is 15.2. The van der Waals surface area contributed by atoms with Gasteiger partial charge < -0.3 is 15.4 Å². The van der Waals surface area contributed by atoms with E-state index in [9.17, 15) is 24.0 Å². The summed E-state index contributed by atoms with van der Waals surface area (Å²) in [6.07, 6.45) is 18.5. The van der Waals surface area contributed by atoms with Crippen molar-refractivity contribution < 1.29 is 28.7 Å². The summed E-state index contributed by atoms with van der Waals surface area (Å²) in [5.41, 5.74) is 8.22. The van der Waals surface area contributed by atoms with Crippen LogP contribution < -0.4 is 10.6 Å². The molecular weight excluding hydrogens is 815 g/mol. The molecule has 0 bridgehead atoms. The van der Waals surface area contributed by atoms with E-state index < -0.39 is 29.8 Å². The van der Waals surface area contributed by atoms with E-state index in [0.717, 1.165) is 71.3 Å². The lowest BCUT2D eigenvalue weighted by atomic mass is 9.96. The molecule has 4 aromatic rings. The third-order valence-corrected chi connectivity index (χ3v) is 12.9. The van der Waals surface area contributed by atoms with Crippen LogP contribution in [0.25, 0.3) is 12.2 Å². The van der Waals surface area contributed by atoms with Crippen molar-refractivity contribution in [3.05, 3.63) is 142 Å². The van der Waals surface area contributed by atoms with Crippen molar-refractivity contribution in [3.8, 4) is 0 Å². The van der Waals surface area contributed by atoms with Crippen LogP contribution in [0.2, 0.25) is 0 Å². The van der Waals surface area contributed by atoms with Gasteiger partial charge in [-0.05, 0) is 125 Å². The van der Waals surface area contributed by atoms with Gasteiger partial charge in [0.1, 0.15) is 11.6 Å². The molecule has 2 aromatic heterocycles. The summed E-state index contributed by atoms with van der Waals surface area (Å²) < 4.78 is 5.59. The Labute approximate surface area is 383 Å². The number of ketones is 2.